The van der Waals surface area contributed by atoms with Crippen LogP contribution >= 0.6 is 0 Å². The summed E-state index contributed by atoms with van der Waals surface area (Å²) in [6, 6.07) is 0. The van der Waals surface area contributed by atoms with E-state index in [-0.39, 0.29) is 63.4 Å². The van der Waals surface area contributed by atoms with Crippen molar-refractivity contribution in [1.29, 1.82) is 0 Å². The first-order chi connectivity index (χ1) is 9.22. The molecule has 0 saturated heterocycles. The van der Waals surface area contributed by atoms with Gasteiger partial charge in [-0.2, -0.15) is 0 Å². The highest BCUT2D eigenvalue weighted by atomic mass is 16.5. The van der Waals surface area contributed by atoms with E-state index in [9.17, 15) is 4.79 Å². The third-order valence-corrected chi connectivity index (χ3v) is 1.19. The van der Waals surface area contributed by atoms with E-state index in [1.54, 1.807) is 0 Å². The molecule has 0 bridgehead atoms. The molecule has 27 heavy (non-hydrogen) atoms. The molecular weight excluding hydrogens is 344 g/mol. The molecule has 0 aliphatic rings. The zero-order chi connectivity index (χ0) is 15.9. The van der Waals surface area contributed by atoms with Gasteiger partial charge in [-0.25, -0.2) is 4.79 Å². The fourth-order valence-electron chi connectivity index (χ4n) is 0.639. The predicted octanol–water partition coefficient (Wildman–Crippen LogP) is 7.19. The van der Waals surface area contributed by atoms with Gasteiger partial charge in [-0.15, -0.1) is 13.2 Å². The summed E-state index contributed by atoms with van der Waals surface area (Å²) in [5, 5.41) is 0. The molecule has 0 aromatic rings. The Balaban J connectivity index is -0.0000000134. The Morgan fingerprint density at radius 2 is 1.15 bits per heavy atom. The summed E-state index contributed by atoms with van der Waals surface area (Å²) >= 11 is 0. The topological polar surface area (TPSA) is 84.1 Å². The van der Waals surface area contributed by atoms with Crippen LogP contribution < -0.4 is 0 Å². The monoisotopic (exact) mass is 404 g/mol. The lowest BCUT2D eigenvalue weighted by molar-refractivity contribution is -0.138. The standard InChI is InChI=1S/C9H16O3.C3H8.C2H4.CH2O.7CH4.H2O/c1-3-6-11-7-5-8-12-9(10)4-2;1-3-2;2*1-2;;;;;;;;/h4H,2-3,5-8H2,1H3;3H2,1-2H3;1-2H2;1H2;7*1H4;1H2. The molecule has 0 radical (unpaired) electrons. The minimum atomic E-state index is -0.370. The fraction of sp³-hybridized carbons (Fsp3) is 0.727. The van der Waals surface area contributed by atoms with Crippen molar-refractivity contribution < 1.29 is 24.5 Å². The SMILES string of the molecule is C.C.C.C.C.C.C.C=C.C=CC(=O)OCCCOCCC.C=O.CCC.O. The summed E-state index contributed by atoms with van der Waals surface area (Å²) in [6.45, 7) is 19.4. The highest BCUT2D eigenvalue weighted by Crippen LogP contribution is 1.87. The Labute approximate surface area is 175 Å². The quantitative estimate of drug-likeness (QED) is 0.194. The van der Waals surface area contributed by atoms with E-state index in [4.69, 9.17) is 14.3 Å². The normalized spacial score (nSPS) is 5.15. The van der Waals surface area contributed by atoms with Crippen molar-refractivity contribution in [1.82, 2.24) is 0 Å². The molecule has 0 amide bonds. The fourth-order valence-corrected chi connectivity index (χ4v) is 0.639. The van der Waals surface area contributed by atoms with Crippen LogP contribution in [0.2, 0.25) is 0 Å². The van der Waals surface area contributed by atoms with Crippen LogP contribution in [0.1, 0.15) is 92.0 Å². The molecule has 0 aromatic carbocycles. The Kier molecular flexibility index (Phi) is 380. The Hall–Kier alpha value is -1.46. The minimum absolute atomic E-state index is 0. The number of carbonyl (C=O) groups excluding carboxylic acids is 2. The Bertz CT molecular complexity index is 172. The van der Waals surface area contributed by atoms with Gasteiger partial charge in [0.25, 0.3) is 0 Å². The number of hydrogen-bond donors (Lipinski definition) is 0. The van der Waals surface area contributed by atoms with Crippen LogP contribution in [0.15, 0.2) is 25.8 Å². The van der Waals surface area contributed by atoms with Gasteiger partial charge in [-0.1, -0.05) is 85.8 Å². The maximum Gasteiger partial charge on any atom is 0.330 e. The molecule has 5 heteroatoms. The lowest BCUT2D eigenvalue weighted by Gasteiger charge is -2.02. The number of ether oxygens (including phenoxy) is 2. The van der Waals surface area contributed by atoms with Gasteiger partial charge in [0.2, 0.25) is 0 Å². The smallest absolute Gasteiger partial charge is 0.330 e. The van der Waals surface area contributed by atoms with Crippen molar-refractivity contribution in [3.05, 3.63) is 25.8 Å². The van der Waals surface area contributed by atoms with E-state index in [0.717, 1.165) is 25.5 Å². The molecule has 0 aliphatic carbocycles. The average molecular weight is 405 g/mol. The average Bonchev–Trinajstić information content (AvgIpc) is 2.47. The second-order valence-corrected chi connectivity index (χ2v) is 3.04. The molecule has 0 heterocycles. The van der Waals surface area contributed by atoms with E-state index in [1.165, 1.54) is 6.42 Å². The van der Waals surface area contributed by atoms with E-state index in [0.29, 0.717) is 13.2 Å². The molecular formula is C22H60O5. The van der Waals surface area contributed by atoms with E-state index in [1.807, 2.05) is 6.79 Å². The second kappa shape index (κ2) is 122. The lowest BCUT2D eigenvalue weighted by atomic mass is 10.5. The van der Waals surface area contributed by atoms with Crippen molar-refractivity contribution in [2.24, 2.45) is 0 Å². The van der Waals surface area contributed by atoms with Gasteiger partial charge in [0.1, 0.15) is 6.79 Å². The highest BCUT2D eigenvalue weighted by molar-refractivity contribution is 5.81. The maximum atomic E-state index is 10.5. The Morgan fingerprint density at radius 3 is 1.41 bits per heavy atom. The van der Waals surface area contributed by atoms with Crippen LogP contribution in [0.25, 0.3) is 0 Å². The van der Waals surface area contributed by atoms with Crippen LogP contribution in [0, 0.1) is 0 Å². The highest BCUT2D eigenvalue weighted by Gasteiger charge is 1.94. The molecule has 0 saturated carbocycles. The lowest BCUT2D eigenvalue weighted by Crippen LogP contribution is -2.05. The van der Waals surface area contributed by atoms with Gasteiger partial charge in [0.15, 0.2) is 0 Å². The zero-order valence-corrected chi connectivity index (χ0v) is 13.3. The first-order valence-corrected chi connectivity index (χ1v) is 6.38. The van der Waals surface area contributed by atoms with Crippen LogP contribution in [0.3, 0.4) is 0 Å². The third-order valence-electron chi connectivity index (χ3n) is 1.19. The predicted molar refractivity (Wildman–Crippen MR) is 132 cm³/mol. The first kappa shape index (κ1) is 83.9. The zero-order valence-electron chi connectivity index (χ0n) is 13.3. The Morgan fingerprint density at radius 1 is 0.815 bits per heavy atom. The summed E-state index contributed by atoms with van der Waals surface area (Å²) in [5.41, 5.74) is 0. The van der Waals surface area contributed by atoms with Crippen molar-refractivity contribution >= 4 is 12.8 Å². The molecule has 178 valence electrons. The first-order valence-electron chi connectivity index (χ1n) is 6.38. The van der Waals surface area contributed by atoms with Gasteiger partial charge in [-0.05, 0) is 6.42 Å². The largest absolute Gasteiger partial charge is 0.462 e. The molecule has 0 spiro atoms. The molecule has 0 atom stereocenters. The summed E-state index contributed by atoms with van der Waals surface area (Å²) in [5.74, 6) is -0.370. The van der Waals surface area contributed by atoms with Crippen molar-refractivity contribution in [2.45, 2.75) is 92.0 Å². The van der Waals surface area contributed by atoms with Gasteiger partial charge in [0, 0.05) is 25.7 Å². The van der Waals surface area contributed by atoms with Gasteiger partial charge in [0.05, 0.1) is 6.61 Å². The molecule has 2 N–H and O–H groups in total. The van der Waals surface area contributed by atoms with Crippen LogP contribution in [-0.2, 0) is 19.1 Å². The minimum Gasteiger partial charge on any atom is -0.462 e. The van der Waals surface area contributed by atoms with Crippen LogP contribution in [-0.4, -0.2) is 38.1 Å². The van der Waals surface area contributed by atoms with E-state index < -0.39 is 0 Å². The summed E-state index contributed by atoms with van der Waals surface area (Å²) < 4.78 is 9.92. The number of rotatable bonds is 7. The van der Waals surface area contributed by atoms with Crippen molar-refractivity contribution in [3.63, 3.8) is 0 Å². The number of carbonyl (C=O) groups is 2. The molecule has 0 unspecified atom stereocenters. The van der Waals surface area contributed by atoms with Gasteiger partial charge < -0.3 is 19.7 Å². The molecule has 0 rings (SSSR count). The third kappa shape index (κ3) is 171. The van der Waals surface area contributed by atoms with E-state index >= 15 is 0 Å². The number of esters is 1. The molecule has 0 aliphatic heterocycles. The summed E-state index contributed by atoms with van der Waals surface area (Å²) in [4.78, 5) is 18.5. The van der Waals surface area contributed by atoms with Crippen LogP contribution in [0.4, 0.5) is 0 Å². The van der Waals surface area contributed by atoms with Crippen LogP contribution in [0.5, 0.6) is 0 Å². The summed E-state index contributed by atoms with van der Waals surface area (Å²) in [7, 11) is 0. The van der Waals surface area contributed by atoms with E-state index in [2.05, 4.69) is 40.5 Å². The van der Waals surface area contributed by atoms with Crippen molar-refractivity contribution in [2.75, 3.05) is 19.8 Å². The summed E-state index contributed by atoms with van der Waals surface area (Å²) in [6.07, 6.45) is 4.18. The van der Waals surface area contributed by atoms with Crippen molar-refractivity contribution in [3.8, 4) is 0 Å². The second-order valence-electron chi connectivity index (χ2n) is 3.04. The maximum absolute atomic E-state index is 10.5. The molecule has 5 nitrogen and oxygen atoms in total. The molecule has 0 fully saturated rings. The number of hydrogen-bond acceptors (Lipinski definition) is 4. The molecule has 0 aromatic heterocycles. The van der Waals surface area contributed by atoms with Gasteiger partial charge in [-0.3, -0.25) is 0 Å². The van der Waals surface area contributed by atoms with Gasteiger partial charge >= 0.3 is 5.97 Å².